The smallest absolute Gasteiger partial charge is 0.272 e. The summed E-state index contributed by atoms with van der Waals surface area (Å²) in [6.45, 7) is 5.77. The number of hydrogen-bond acceptors (Lipinski definition) is 4. The Kier molecular flexibility index (Phi) is 3.47. The molecule has 0 atom stereocenters. The van der Waals surface area contributed by atoms with Gasteiger partial charge in [-0.2, -0.15) is 0 Å². The first-order valence-electron chi connectivity index (χ1n) is 5.13. The number of carbonyl (C=O) groups is 1. The first kappa shape index (κ1) is 12.4. The van der Waals surface area contributed by atoms with Gasteiger partial charge in [0.05, 0.1) is 0 Å². The molecule has 0 fully saturated rings. The van der Waals surface area contributed by atoms with E-state index in [1.54, 1.807) is 12.1 Å². The van der Waals surface area contributed by atoms with Crippen LogP contribution in [0.3, 0.4) is 0 Å². The number of hydrogen-bond donors (Lipinski definition) is 1. The Morgan fingerprint density at radius 3 is 2.25 bits per heavy atom. The zero-order valence-corrected chi connectivity index (χ0v) is 10.4. The first-order chi connectivity index (χ1) is 7.29. The van der Waals surface area contributed by atoms with Crippen molar-refractivity contribution in [2.75, 3.05) is 19.0 Å². The Labute approximate surface area is 95.9 Å². The Hall–Kier alpha value is -1.65. The minimum Gasteiger partial charge on any atom is -0.361 e. The molecule has 1 rings (SSSR count). The van der Waals surface area contributed by atoms with Crippen molar-refractivity contribution < 1.29 is 4.79 Å². The van der Waals surface area contributed by atoms with Crippen molar-refractivity contribution in [3.05, 3.63) is 17.8 Å². The van der Waals surface area contributed by atoms with Gasteiger partial charge in [0, 0.05) is 19.6 Å². The second-order valence-electron chi connectivity index (χ2n) is 4.88. The monoisotopic (exact) mass is 222 g/mol. The molecule has 5 heteroatoms. The second-order valence-corrected chi connectivity index (χ2v) is 4.88. The first-order valence-corrected chi connectivity index (χ1v) is 5.13. The predicted molar refractivity (Wildman–Crippen MR) is 63.6 cm³/mol. The van der Waals surface area contributed by atoms with E-state index in [1.807, 2.05) is 39.8 Å². The molecule has 0 aliphatic heterocycles. The molecule has 0 spiro atoms. The number of nitrogens with one attached hydrogen (secondary N) is 1. The summed E-state index contributed by atoms with van der Waals surface area (Å²) in [5.74, 6) is 0.526. The Morgan fingerprint density at radius 2 is 1.88 bits per heavy atom. The van der Waals surface area contributed by atoms with Gasteiger partial charge in [-0.3, -0.25) is 4.79 Å². The van der Waals surface area contributed by atoms with Crippen molar-refractivity contribution in [3.8, 4) is 0 Å². The molecule has 1 heterocycles. The van der Waals surface area contributed by atoms with Crippen molar-refractivity contribution in [1.29, 1.82) is 0 Å². The van der Waals surface area contributed by atoms with Crippen LogP contribution in [-0.2, 0) is 0 Å². The van der Waals surface area contributed by atoms with Crippen LogP contribution in [0.5, 0.6) is 0 Å². The fourth-order valence-electron chi connectivity index (χ4n) is 1.09. The minimum absolute atomic E-state index is 0.203. The second kappa shape index (κ2) is 4.47. The van der Waals surface area contributed by atoms with Crippen molar-refractivity contribution in [1.82, 2.24) is 15.5 Å². The summed E-state index contributed by atoms with van der Waals surface area (Å²) in [5.41, 5.74) is 0.0689. The van der Waals surface area contributed by atoms with E-state index in [0.717, 1.165) is 5.82 Å². The number of carbonyl (C=O) groups excluding carboxylic acids is 1. The molecule has 1 N–H and O–H groups in total. The van der Waals surface area contributed by atoms with Crippen LogP contribution in [0.25, 0.3) is 0 Å². The van der Waals surface area contributed by atoms with Gasteiger partial charge < -0.3 is 10.2 Å². The van der Waals surface area contributed by atoms with Crippen molar-refractivity contribution in [3.63, 3.8) is 0 Å². The summed E-state index contributed by atoms with van der Waals surface area (Å²) in [6, 6.07) is 3.44. The third-order valence-corrected chi connectivity index (χ3v) is 1.83. The van der Waals surface area contributed by atoms with Gasteiger partial charge in [0.1, 0.15) is 0 Å². The van der Waals surface area contributed by atoms with E-state index in [0.29, 0.717) is 5.69 Å². The standard InChI is InChI=1S/C11H18N4O/c1-11(2,3)12-10(16)8-6-7-9(14-13-8)15(4)5/h6-7H,1-5H3,(H,12,16). The molecular weight excluding hydrogens is 204 g/mol. The van der Waals surface area contributed by atoms with E-state index in [4.69, 9.17) is 0 Å². The van der Waals surface area contributed by atoms with Crippen LogP contribution in [0.1, 0.15) is 31.3 Å². The zero-order chi connectivity index (χ0) is 12.3. The summed E-state index contributed by atoms with van der Waals surface area (Å²) in [4.78, 5) is 13.5. The van der Waals surface area contributed by atoms with Gasteiger partial charge in [-0.15, -0.1) is 10.2 Å². The molecule has 1 aromatic rings. The van der Waals surface area contributed by atoms with Crippen LogP contribution in [0, 0.1) is 0 Å². The largest absolute Gasteiger partial charge is 0.361 e. The molecule has 1 amide bonds. The van der Waals surface area contributed by atoms with Crippen LogP contribution in [0.4, 0.5) is 5.82 Å². The normalized spacial score (nSPS) is 11.1. The highest BCUT2D eigenvalue weighted by atomic mass is 16.2. The quantitative estimate of drug-likeness (QED) is 0.813. The van der Waals surface area contributed by atoms with Crippen LogP contribution < -0.4 is 10.2 Å². The molecular formula is C11H18N4O. The van der Waals surface area contributed by atoms with Crippen molar-refractivity contribution in [2.24, 2.45) is 0 Å². The lowest BCUT2D eigenvalue weighted by Crippen LogP contribution is -2.41. The lowest BCUT2D eigenvalue weighted by Gasteiger charge is -2.20. The lowest BCUT2D eigenvalue weighted by molar-refractivity contribution is 0.0913. The van der Waals surface area contributed by atoms with Crippen molar-refractivity contribution in [2.45, 2.75) is 26.3 Å². The Morgan fingerprint density at radius 1 is 1.25 bits per heavy atom. The molecule has 16 heavy (non-hydrogen) atoms. The maximum absolute atomic E-state index is 11.7. The minimum atomic E-state index is -0.265. The summed E-state index contributed by atoms with van der Waals surface area (Å²) in [7, 11) is 3.75. The van der Waals surface area contributed by atoms with Gasteiger partial charge in [0.15, 0.2) is 11.5 Å². The van der Waals surface area contributed by atoms with E-state index in [1.165, 1.54) is 0 Å². The third-order valence-electron chi connectivity index (χ3n) is 1.83. The van der Waals surface area contributed by atoms with E-state index in [9.17, 15) is 4.79 Å². The van der Waals surface area contributed by atoms with E-state index in [2.05, 4.69) is 15.5 Å². The molecule has 0 unspecified atom stereocenters. The summed E-state index contributed by atoms with van der Waals surface area (Å²) >= 11 is 0. The number of nitrogens with zero attached hydrogens (tertiary/aromatic N) is 3. The fourth-order valence-corrected chi connectivity index (χ4v) is 1.09. The third kappa shape index (κ3) is 3.49. The van der Waals surface area contributed by atoms with Crippen molar-refractivity contribution >= 4 is 11.7 Å². The van der Waals surface area contributed by atoms with Gasteiger partial charge in [-0.1, -0.05) is 0 Å². The molecule has 0 aromatic carbocycles. The van der Waals surface area contributed by atoms with Crippen LogP contribution in [0.15, 0.2) is 12.1 Å². The molecule has 0 saturated carbocycles. The summed E-state index contributed by atoms with van der Waals surface area (Å²) in [5, 5.41) is 10.7. The zero-order valence-electron chi connectivity index (χ0n) is 10.4. The Bertz CT molecular complexity index is 365. The maximum Gasteiger partial charge on any atom is 0.272 e. The number of anilines is 1. The van der Waals surface area contributed by atoms with Gasteiger partial charge in [-0.25, -0.2) is 0 Å². The number of amides is 1. The van der Waals surface area contributed by atoms with E-state index >= 15 is 0 Å². The topological polar surface area (TPSA) is 58.1 Å². The number of rotatable bonds is 2. The average Bonchev–Trinajstić information content (AvgIpc) is 2.15. The molecule has 0 bridgehead atoms. The van der Waals surface area contributed by atoms with Crippen LogP contribution in [0.2, 0.25) is 0 Å². The number of aromatic nitrogens is 2. The fraction of sp³-hybridized carbons (Fsp3) is 0.545. The Balaban J connectivity index is 2.78. The molecule has 88 valence electrons. The highest BCUT2D eigenvalue weighted by Gasteiger charge is 2.16. The molecule has 1 aromatic heterocycles. The summed E-state index contributed by atoms with van der Waals surface area (Å²) in [6.07, 6.45) is 0. The van der Waals surface area contributed by atoms with Gasteiger partial charge in [-0.05, 0) is 32.9 Å². The molecule has 0 aliphatic rings. The van der Waals surface area contributed by atoms with Gasteiger partial charge in [0.2, 0.25) is 0 Å². The SMILES string of the molecule is CN(C)c1ccc(C(=O)NC(C)(C)C)nn1. The molecule has 0 aliphatic carbocycles. The van der Waals surface area contributed by atoms with Crippen LogP contribution >= 0.6 is 0 Å². The van der Waals surface area contributed by atoms with E-state index in [-0.39, 0.29) is 11.4 Å². The van der Waals surface area contributed by atoms with E-state index < -0.39 is 0 Å². The predicted octanol–water partition coefficient (Wildman–Crippen LogP) is 1.07. The highest BCUT2D eigenvalue weighted by Crippen LogP contribution is 2.06. The maximum atomic E-state index is 11.7. The molecule has 5 nitrogen and oxygen atoms in total. The highest BCUT2D eigenvalue weighted by molar-refractivity contribution is 5.92. The molecule has 0 saturated heterocycles. The lowest BCUT2D eigenvalue weighted by atomic mass is 10.1. The van der Waals surface area contributed by atoms with Gasteiger partial charge >= 0.3 is 0 Å². The molecule has 0 radical (unpaired) electrons. The van der Waals surface area contributed by atoms with Gasteiger partial charge in [0.25, 0.3) is 5.91 Å². The van der Waals surface area contributed by atoms with Crippen LogP contribution in [-0.4, -0.2) is 35.7 Å². The average molecular weight is 222 g/mol. The summed E-state index contributed by atoms with van der Waals surface area (Å²) < 4.78 is 0.